The van der Waals surface area contributed by atoms with Crippen molar-refractivity contribution in [3.05, 3.63) is 53.6 Å². The van der Waals surface area contributed by atoms with E-state index in [-0.39, 0.29) is 16.8 Å². The molecule has 0 fully saturated rings. The van der Waals surface area contributed by atoms with Crippen molar-refractivity contribution in [1.82, 2.24) is 15.3 Å². The first kappa shape index (κ1) is 18.4. The van der Waals surface area contributed by atoms with Crippen molar-refractivity contribution in [2.24, 2.45) is 0 Å². The summed E-state index contributed by atoms with van der Waals surface area (Å²) in [5, 5.41) is 11.4. The summed E-state index contributed by atoms with van der Waals surface area (Å²) in [4.78, 5) is 30.0. The molecule has 7 heteroatoms. The first-order valence-corrected chi connectivity index (χ1v) is 7.84. The molecule has 132 valence electrons. The highest BCUT2D eigenvalue weighted by Gasteiger charge is 2.14. The lowest BCUT2D eigenvalue weighted by molar-refractivity contribution is 0.0689. The molecule has 0 saturated heterocycles. The monoisotopic (exact) mass is 343 g/mol. The Morgan fingerprint density at radius 2 is 1.84 bits per heavy atom. The summed E-state index contributed by atoms with van der Waals surface area (Å²) in [5.74, 6) is -0.880. The molecule has 2 aromatic rings. The number of hydrogen-bond acceptors (Lipinski definition) is 5. The van der Waals surface area contributed by atoms with Crippen LogP contribution in [-0.4, -0.2) is 40.1 Å². The first-order chi connectivity index (χ1) is 11.8. The van der Waals surface area contributed by atoms with Gasteiger partial charge in [-0.25, -0.2) is 14.8 Å². The van der Waals surface area contributed by atoms with Crippen molar-refractivity contribution in [2.45, 2.75) is 26.2 Å². The Hall–Kier alpha value is -2.96. The highest BCUT2D eigenvalue weighted by atomic mass is 16.5. The average molecular weight is 343 g/mol. The van der Waals surface area contributed by atoms with Crippen molar-refractivity contribution < 1.29 is 19.4 Å². The van der Waals surface area contributed by atoms with Crippen LogP contribution in [0.1, 0.15) is 47.3 Å². The summed E-state index contributed by atoms with van der Waals surface area (Å²) in [5.41, 5.74) is 1.05. The Kier molecular flexibility index (Phi) is 5.69. The van der Waals surface area contributed by atoms with E-state index in [1.807, 2.05) is 24.3 Å². The third-order valence-corrected chi connectivity index (χ3v) is 3.46. The lowest BCUT2D eigenvalue weighted by atomic mass is 9.87. The Morgan fingerprint density at radius 3 is 2.44 bits per heavy atom. The van der Waals surface area contributed by atoms with Gasteiger partial charge >= 0.3 is 5.97 Å². The number of carbonyl (C=O) groups is 2. The predicted octanol–water partition coefficient (Wildman–Crippen LogP) is 2.28. The molecule has 0 spiro atoms. The molecule has 0 bridgehead atoms. The fourth-order valence-electron chi connectivity index (χ4n) is 2.03. The largest absolute Gasteiger partial charge is 0.492 e. The standard InChI is InChI=1S/C18H21N3O4/c1-18(2,3)12-5-4-6-13(9-12)25-8-7-19-16(22)14-10-21-15(11-20-14)17(23)24/h4-6,9-11H,7-8H2,1-3H3,(H,19,22)(H,23,24). The zero-order valence-electron chi connectivity index (χ0n) is 14.4. The number of carboxylic acid groups (broad SMARTS) is 1. The smallest absolute Gasteiger partial charge is 0.356 e. The molecule has 0 atom stereocenters. The van der Waals surface area contributed by atoms with Gasteiger partial charge < -0.3 is 15.2 Å². The Bertz CT molecular complexity index is 752. The van der Waals surface area contributed by atoms with Crippen LogP contribution in [-0.2, 0) is 5.41 Å². The Balaban J connectivity index is 1.83. The fourth-order valence-corrected chi connectivity index (χ4v) is 2.03. The van der Waals surface area contributed by atoms with Crippen LogP contribution in [0.2, 0.25) is 0 Å². The van der Waals surface area contributed by atoms with Crippen LogP contribution in [0.3, 0.4) is 0 Å². The van der Waals surface area contributed by atoms with Gasteiger partial charge in [-0.1, -0.05) is 32.9 Å². The number of aromatic carboxylic acids is 1. The maximum absolute atomic E-state index is 11.9. The second-order valence-electron chi connectivity index (χ2n) is 6.47. The minimum atomic E-state index is -1.19. The Morgan fingerprint density at radius 1 is 1.16 bits per heavy atom. The predicted molar refractivity (Wildman–Crippen MR) is 92.0 cm³/mol. The summed E-state index contributed by atoms with van der Waals surface area (Å²) in [6.45, 7) is 6.98. The number of nitrogens with one attached hydrogen (secondary N) is 1. The minimum Gasteiger partial charge on any atom is -0.492 e. The van der Waals surface area contributed by atoms with Gasteiger partial charge in [-0.3, -0.25) is 4.79 Å². The van der Waals surface area contributed by atoms with Gasteiger partial charge in [-0.05, 0) is 23.1 Å². The summed E-state index contributed by atoms with van der Waals surface area (Å²) < 4.78 is 5.65. The van der Waals surface area contributed by atoms with E-state index in [1.165, 1.54) is 5.56 Å². The SMILES string of the molecule is CC(C)(C)c1cccc(OCCNC(=O)c2cnc(C(=O)O)cn2)c1. The molecule has 0 aliphatic heterocycles. The first-order valence-electron chi connectivity index (χ1n) is 7.84. The number of amides is 1. The number of nitrogens with zero attached hydrogens (tertiary/aromatic N) is 2. The molecule has 7 nitrogen and oxygen atoms in total. The molecule has 25 heavy (non-hydrogen) atoms. The van der Waals surface area contributed by atoms with Gasteiger partial charge in [0.1, 0.15) is 18.1 Å². The van der Waals surface area contributed by atoms with Crippen LogP contribution in [0.25, 0.3) is 0 Å². The molecule has 0 unspecified atom stereocenters. The summed E-state index contributed by atoms with van der Waals surface area (Å²) in [7, 11) is 0. The molecule has 0 aliphatic carbocycles. The molecular weight excluding hydrogens is 322 g/mol. The topological polar surface area (TPSA) is 101 Å². The fraction of sp³-hybridized carbons (Fsp3) is 0.333. The van der Waals surface area contributed by atoms with E-state index < -0.39 is 11.9 Å². The van der Waals surface area contributed by atoms with Gasteiger partial charge in [0.05, 0.1) is 18.9 Å². The van der Waals surface area contributed by atoms with E-state index in [2.05, 4.69) is 36.1 Å². The number of ether oxygens (including phenoxy) is 1. The van der Waals surface area contributed by atoms with Gasteiger partial charge in [0, 0.05) is 0 Å². The van der Waals surface area contributed by atoms with Crippen molar-refractivity contribution in [3.63, 3.8) is 0 Å². The van der Waals surface area contributed by atoms with Crippen LogP contribution < -0.4 is 10.1 Å². The minimum absolute atomic E-state index is 0.0361. The average Bonchev–Trinajstić information content (AvgIpc) is 2.58. The molecule has 0 radical (unpaired) electrons. The molecule has 1 heterocycles. The van der Waals surface area contributed by atoms with Gasteiger partial charge in [0.15, 0.2) is 5.69 Å². The van der Waals surface area contributed by atoms with Crippen molar-refractivity contribution in [1.29, 1.82) is 0 Å². The van der Waals surface area contributed by atoms with E-state index in [4.69, 9.17) is 9.84 Å². The zero-order chi connectivity index (χ0) is 18.4. The second-order valence-corrected chi connectivity index (χ2v) is 6.47. The molecule has 1 aromatic carbocycles. The maximum atomic E-state index is 11.9. The quantitative estimate of drug-likeness (QED) is 0.780. The third kappa shape index (κ3) is 5.27. The normalized spacial score (nSPS) is 11.0. The van der Waals surface area contributed by atoms with Crippen LogP contribution in [0.15, 0.2) is 36.7 Å². The highest BCUT2D eigenvalue weighted by molar-refractivity contribution is 5.92. The van der Waals surface area contributed by atoms with Gasteiger partial charge in [0.2, 0.25) is 0 Å². The van der Waals surface area contributed by atoms with E-state index in [9.17, 15) is 9.59 Å². The van der Waals surface area contributed by atoms with Crippen LogP contribution >= 0.6 is 0 Å². The molecule has 0 aliphatic rings. The van der Waals surface area contributed by atoms with E-state index >= 15 is 0 Å². The van der Waals surface area contributed by atoms with Crippen molar-refractivity contribution in [3.8, 4) is 5.75 Å². The van der Waals surface area contributed by atoms with Crippen LogP contribution in [0.4, 0.5) is 0 Å². The van der Waals surface area contributed by atoms with Crippen LogP contribution in [0.5, 0.6) is 5.75 Å². The molecule has 1 aromatic heterocycles. The molecule has 1 amide bonds. The molecule has 0 saturated carbocycles. The number of hydrogen-bond donors (Lipinski definition) is 2. The maximum Gasteiger partial charge on any atom is 0.356 e. The zero-order valence-corrected chi connectivity index (χ0v) is 14.4. The number of carboxylic acids is 1. The lowest BCUT2D eigenvalue weighted by Gasteiger charge is -2.19. The third-order valence-electron chi connectivity index (χ3n) is 3.46. The van der Waals surface area contributed by atoms with Crippen LogP contribution in [0, 0.1) is 0 Å². The highest BCUT2D eigenvalue weighted by Crippen LogP contribution is 2.25. The molecule has 2 N–H and O–H groups in total. The summed E-state index contributed by atoms with van der Waals surface area (Å²) in [6.07, 6.45) is 2.18. The Labute approximate surface area is 146 Å². The van der Waals surface area contributed by atoms with E-state index in [0.29, 0.717) is 13.2 Å². The number of aromatic nitrogens is 2. The number of carbonyl (C=O) groups excluding carboxylic acids is 1. The van der Waals surface area contributed by atoms with E-state index in [1.54, 1.807) is 0 Å². The summed E-state index contributed by atoms with van der Waals surface area (Å²) >= 11 is 0. The molecular formula is C18H21N3O4. The van der Waals surface area contributed by atoms with Gasteiger partial charge in [-0.2, -0.15) is 0 Å². The number of rotatable bonds is 6. The summed E-state index contributed by atoms with van der Waals surface area (Å²) in [6, 6.07) is 7.84. The lowest BCUT2D eigenvalue weighted by Crippen LogP contribution is -2.29. The van der Waals surface area contributed by atoms with Crippen molar-refractivity contribution in [2.75, 3.05) is 13.2 Å². The van der Waals surface area contributed by atoms with Crippen molar-refractivity contribution >= 4 is 11.9 Å². The second kappa shape index (κ2) is 7.74. The van der Waals surface area contributed by atoms with Gasteiger partial charge in [0.25, 0.3) is 5.91 Å². The number of benzene rings is 1. The van der Waals surface area contributed by atoms with Gasteiger partial charge in [-0.15, -0.1) is 0 Å². The van der Waals surface area contributed by atoms with E-state index in [0.717, 1.165) is 18.1 Å². The molecule has 2 rings (SSSR count).